The lowest BCUT2D eigenvalue weighted by Crippen LogP contribution is -2.14. The fraction of sp³-hybridized carbons (Fsp3) is 0.227. The van der Waals surface area contributed by atoms with Crippen molar-refractivity contribution in [2.75, 3.05) is 11.9 Å². The molecule has 1 fully saturated rings. The molecule has 29 heavy (non-hydrogen) atoms. The van der Waals surface area contributed by atoms with E-state index in [0.717, 1.165) is 29.8 Å². The van der Waals surface area contributed by atoms with Gasteiger partial charge in [-0.3, -0.25) is 4.79 Å². The van der Waals surface area contributed by atoms with E-state index in [1.54, 1.807) is 30.5 Å². The van der Waals surface area contributed by atoms with Crippen LogP contribution in [0.5, 0.6) is 5.75 Å². The van der Waals surface area contributed by atoms with Gasteiger partial charge >= 0.3 is 0 Å². The first-order valence-electron chi connectivity index (χ1n) is 9.32. The smallest absolute Gasteiger partial charge is 0.259 e. The number of nitrogens with zero attached hydrogens (tertiary/aromatic N) is 3. The summed E-state index contributed by atoms with van der Waals surface area (Å²) in [5.41, 5.74) is 3.97. The van der Waals surface area contributed by atoms with E-state index in [4.69, 9.17) is 21.6 Å². The lowest BCUT2D eigenvalue weighted by Gasteiger charge is -2.11. The minimum atomic E-state index is -0.206. The van der Waals surface area contributed by atoms with Crippen LogP contribution in [0.25, 0.3) is 5.69 Å². The summed E-state index contributed by atoms with van der Waals surface area (Å²) in [6.07, 6.45) is 3.69. The van der Waals surface area contributed by atoms with E-state index in [9.17, 15) is 4.79 Å². The van der Waals surface area contributed by atoms with Crippen LogP contribution in [0.15, 0.2) is 48.7 Å². The van der Waals surface area contributed by atoms with Crippen LogP contribution < -0.4 is 10.1 Å². The molecule has 6 nitrogen and oxygen atoms in total. The summed E-state index contributed by atoms with van der Waals surface area (Å²) >= 11 is 6.28. The molecular formula is C22H19ClN4O2. The molecule has 0 atom stereocenters. The number of nitrogens with one attached hydrogen (secondary N) is 1. The minimum absolute atomic E-state index is 0.0152. The topological polar surface area (TPSA) is 79.9 Å². The van der Waals surface area contributed by atoms with Crippen molar-refractivity contribution < 1.29 is 9.53 Å². The van der Waals surface area contributed by atoms with Gasteiger partial charge in [0.05, 0.1) is 23.1 Å². The zero-order valence-corrected chi connectivity index (χ0v) is 16.6. The summed E-state index contributed by atoms with van der Waals surface area (Å²) in [7, 11) is 0. The zero-order valence-electron chi connectivity index (χ0n) is 15.9. The third-order valence-corrected chi connectivity index (χ3v) is 5.24. The number of amides is 1. The number of carbonyl (C=O) groups is 1. The zero-order chi connectivity index (χ0) is 20.4. The highest BCUT2D eigenvalue weighted by Gasteiger charge is 2.33. The van der Waals surface area contributed by atoms with Crippen molar-refractivity contribution in [1.82, 2.24) is 9.78 Å². The van der Waals surface area contributed by atoms with Crippen LogP contribution in [0.1, 0.15) is 40.4 Å². The highest BCUT2D eigenvalue weighted by Crippen LogP contribution is 2.42. The number of hydrogen-bond acceptors (Lipinski definition) is 4. The molecule has 0 bridgehead atoms. The fourth-order valence-corrected chi connectivity index (χ4v) is 3.33. The molecule has 3 aromatic rings. The highest BCUT2D eigenvalue weighted by atomic mass is 35.5. The lowest BCUT2D eigenvalue weighted by molar-refractivity contribution is 0.102. The van der Waals surface area contributed by atoms with Gasteiger partial charge in [-0.15, -0.1) is 0 Å². The molecule has 0 unspecified atom stereocenters. The summed E-state index contributed by atoms with van der Waals surface area (Å²) in [6.45, 7) is 1.94. The van der Waals surface area contributed by atoms with Gasteiger partial charge in [-0.2, -0.15) is 10.4 Å². The normalized spacial score (nSPS) is 13.0. The molecule has 1 aromatic heterocycles. The van der Waals surface area contributed by atoms with Crippen LogP contribution in [0.3, 0.4) is 0 Å². The molecule has 0 spiro atoms. The predicted molar refractivity (Wildman–Crippen MR) is 111 cm³/mol. The fourth-order valence-electron chi connectivity index (χ4n) is 3.15. The Hall–Kier alpha value is -3.30. The number of benzene rings is 2. The molecule has 1 aliphatic carbocycles. The number of ether oxygens (including phenoxy) is 1. The predicted octanol–water partition coefficient (Wildman–Crippen LogP) is 4.87. The Morgan fingerprint density at radius 2 is 2.07 bits per heavy atom. The molecule has 0 saturated heterocycles. The number of aryl methyl sites for hydroxylation is 1. The number of nitriles is 1. The maximum absolute atomic E-state index is 12.9. The average Bonchev–Trinajstić information content (AvgIpc) is 3.47. The van der Waals surface area contributed by atoms with Gasteiger partial charge < -0.3 is 10.1 Å². The van der Waals surface area contributed by atoms with Gasteiger partial charge in [0, 0.05) is 16.6 Å². The van der Waals surface area contributed by atoms with Crippen molar-refractivity contribution in [3.05, 3.63) is 70.5 Å². The van der Waals surface area contributed by atoms with Crippen LogP contribution in [-0.4, -0.2) is 22.3 Å². The van der Waals surface area contributed by atoms with Gasteiger partial charge in [-0.05, 0) is 61.7 Å². The Morgan fingerprint density at radius 3 is 2.72 bits per heavy atom. The Balaban J connectivity index is 1.58. The maximum atomic E-state index is 12.9. The molecule has 1 aliphatic rings. The number of halogens is 1. The number of rotatable bonds is 6. The van der Waals surface area contributed by atoms with Crippen molar-refractivity contribution in [1.29, 1.82) is 5.26 Å². The summed E-state index contributed by atoms with van der Waals surface area (Å²) in [4.78, 5) is 12.9. The van der Waals surface area contributed by atoms with E-state index in [0.29, 0.717) is 27.9 Å². The molecule has 4 rings (SSSR count). The number of anilines is 1. The van der Waals surface area contributed by atoms with E-state index in [2.05, 4.69) is 10.4 Å². The SMILES string of the molecule is Cc1ccc(-n2ncc(C(=O)Nc3ccc(OCC#N)cc3)c2C2CC2)cc1Cl. The molecule has 1 saturated carbocycles. The summed E-state index contributed by atoms with van der Waals surface area (Å²) < 4.78 is 7.05. The molecule has 7 heteroatoms. The largest absolute Gasteiger partial charge is 0.479 e. The second kappa shape index (κ2) is 7.98. The molecule has 0 radical (unpaired) electrons. The molecule has 146 valence electrons. The van der Waals surface area contributed by atoms with Crippen LogP contribution in [0, 0.1) is 18.3 Å². The molecule has 2 aromatic carbocycles. The first-order chi connectivity index (χ1) is 14.1. The van der Waals surface area contributed by atoms with Crippen molar-refractivity contribution in [3.8, 4) is 17.5 Å². The van der Waals surface area contributed by atoms with Crippen molar-refractivity contribution in [3.63, 3.8) is 0 Å². The lowest BCUT2D eigenvalue weighted by atomic mass is 10.1. The first-order valence-corrected chi connectivity index (χ1v) is 9.70. The number of carbonyl (C=O) groups excluding carboxylic acids is 1. The van der Waals surface area contributed by atoms with Gasteiger partial charge in [-0.25, -0.2) is 4.68 Å². The molecule has 0 aliphatic heterocycles. The Bertz CT molecular complexity index is 1090. The quantitative estimate of drug-likeness (QED) is 0.633. The van der Waals surface area contributed by atoms with Gasteiger partial charge in [0.15, 0.2) is 6.61 Å². The molecule has 1 N–H and O–H groups in total. The standard InChI is InChI=1S/C22H19ClN4O2/c1-14-2-7-17(12-20(14)23)27-21(15-3-4-15)19(13-25-27)22(28)26-16-5-8-18(9-6-16)29-11-10-24/h2,5-9,12-13,15H,3-4,11H2,1H3,(H,26,28). The minimum Gasteiger partial charge on any atom is -0.479 e. The monoisotopic (exact) mass is 406 g/mol. The van der Waals surface area contributed by atoms with Gasteiger partial charge in [0.1, 0.15) is 11.8 Å². The van der Waals surface area contributed by atoms with Gasteiger partial charge in [-0.1, -0.05) is 17.7 Å². The van der Waals surface area contributed by atoms with Crippen molar-refractivity contribution in [2.24, 2.45) is 0 Å². The second-order valence-electron chi connectivity index (χ2n) is 6.99. The third kappa shape index (κ3) is 4.10. The number of hydrogen-bond donors (Lipinski definition) is 1. The third-order valence-electron chi connectivity index (χ3n) is 4.83. The number of aromatic nitrogens is 2. The van der Waals surface area contributed by atoms with Crippen molar-refractivity contribution in [2.45, 2.75) is 25.7 Å². The van der Waals surface area contributed by atoms with Gasteiger partial charge in [0.25, 0.3) is 5.91 Å². The van der Waals surface area contributed by atoms with Crippen LogP contribution in [0.4, 0.5) is 5.69 Å². The van der Waals surface area contributed by atoms with Crippen LogP contribution in [0.2, 0.25) is 5.02 Å². The van der Waals surface area contributed by atoms with Crippen molar-refractivity contribution >= 4 is 23.2 Å². The molecule has 1 amide bonds. The van der Waals surface area contributed by atoms with Crippen LogP contribution in [-0.2, 0) is 0 Å². The first kappa shape index (κ1) is 19.0. The summed E-state index contributed by atoms with van der Waals surface area (Å²) in [6, 6.07) is 14.6. The molecular weight excluding hydrogens is 388 g/mol. The van der Waals surface area contributed by atoms with E-state index < -0.39 is 0 Å². The Labute approximate surface area is 173 Å². The van der Waals surface area contributed by atoms with E-state index in [1.807, 2.05) is 35.9 Å². The Morgan fingerprint density at radius 1 is 1.31 bits per heavy atom. The second-order valence-corrected chi connectivity index (χ2v) is 7.40. The molecule has 1 heterocycles. The highest BCUT2D eigenvalue weighted by molar-refractivity contribution is 6.31. The van der Waals surface area contributed by atoms with E-state index in [-0.39, 0.29) is 12.5 Å². The average molecular weight is 407 g/mol. The van der Waals surface area contributed by atoms with Crippen LogP contribution >= 0.6 is 11.6 Å². The maximum Gasteiger partial charge on any atom is 0.259 e. The van der Waals surface area contributed by atoms with E-state index >= 15 is 0 Å². The summed E-state index contributed by atoms with van der Waals surface area (Å²) in [5.74, 6) is 0.689. The Kier molecular flexibility index (Phi) is 5.24. The summed E-state index contributed by atoms with van der Waals surface area (Å²) in [5, 5.41) is 16.6. The van der Waals surface area contributed by atoms with E-state index in [1.165, 1.54) is 0 Å². The van der Waals surface area contributed by atoms with Gasteiger partial charge in [0.2, 0.25) is 0 Å².